The Bertz CT molecular complexity index is 450. The van der Waals surface area contributed by atoms with E-state index in [-0.39, 0.29) is 5.97 Å². The number of likely N-dealkylation sites (N-methyl/N-ethyl adjacent to an activating group) is 1. The van der Waals surface area contributed by atoms with Gasteiger partial charge in [0.15, 0.2) is 0 Å². The SMILES string of the molecule is CC(C)N(C)CCOC(=O)C1(c2ccccc2)CCCC1. The van der Waals surface area contributed by atoms with Crippen molar-refractivity contribution in [1.29, 1.82) is 0 Å². The molecule has 0 N–H and O–H groups in total. The molecule has 0 atom stereocenters. The number of rotatable bonds is 6. The molecule has 21 heavy (non-hydrogen) atoms. The van der Waals surface area contributed by atoms with Gasteiger partial charge in [-0.2, -0.15) is 0 Å². The minimum Gasteiger partial charge on any atom is -0.464 e. The Kier molecular flexibility index (Phi) is 5.40. The minimum atomic E-state index is -0.405. The molecule has 0 heterocycles. The third-order valence-corrected chi connectivity index (χ3v) is 4.73. The van der Waals surface area contributed by atoms with Crippen LogP contribution in [0.5, 0.6) is 0 Å². The maximum absolute atomic E-state index is 12.7. The van der Waals surface area contributed by atoms with Crippen LogP contribution in [0.25, 0.3) is 0 Å². The normalized spacial score (nSPS) is 17.4. The molecule has 116 valence electrons. The second-order valence-electron chi connectivity index (χ2n) is 6.37. The Morgan fingerprint density at radius 3 is 2.43 bits per heavy atom. The van der Waals surface area contributed by atoms with Crippen LogP contribution >= 0.6 is 0 Å². The lowest BCUT2D eigenvalue weighted by Crippen LogP contribution is -2.37. The van der Waals surface area contributed by atoms with Crippen LogP contribution in [0.4, 0.5) is 0 Å². The molecule has 0 aromatic heterocycles. The summed E-state index contributed by atoms with van der Waals surface area (Å²) in [4.78, 5) is 14.9. The molecule has 1 saturated carbocycles. The molecule has 3 heteroatoms. The summed E-state index contributed by atoms with van der Waals surface area (Å²) in [6.45, 7) is 5.55. The van der Waals surface area contributed by atoms with E-state index in [9.17, 15) is 4.79 Å². The molecule has 0 saturated heterocycles. The molecular weight excluding hydrogens is 262 g/mol. The molecule has 0 aliphatic heterocycles. The first kappa shape index (κ1) is 16.0. The number of nitrogens with zero attached hydrogens (tertiary/aromatic N) is 1. The smallest absolute Gasteiger partial charge is 0.316 e. The van der Waals surface area contributed by atoms with Crippen molar-refractivity contribution in [2.24, 2.45) is 0 Å². The van der Waals surface area contributed by atoms with Crippen LogP contribution in [0.3, 0.4) is 0 Å². The van der Waals surface area contributed by atoms with Crippen molar-refractivity contribution in [3.8, 4) is 0 Å². The average Bonchev–Trinajstić information content (AvgIpc) is 2.98. The summed E-state index contributed by atoms with van der Waals surface area (Å²) in [5, 5.41) is 0. The molecule has 3 nitrogen and oxygen atoms in total. The van der Waals surface area contributed by atoms with Gasteiger partial charge in [-0.25, -0.2) is 0 Å². The predicted molar refractivity (Wildman–Crippen MR) is 85.3 cm³/mol. The summed E-state index contributed by atoms with van der Waals surface area (Å²) in [5.41, 5.74) is 0.710. The number of carbonyl (C=O) groups excluding carboxylic acids is 1. The topological polar surface area (TPSA) is 29.5 Å². The van der Waals surface area contributed by atoms with E-state index in [0.29, 0.717) is 12.6 Å². The van der Waals surface area contributed by atoms with Gasteiger partial charge in [-0.15, -0.1) is 0 Å². The second-order valence-corrected chi connectivity index (χ2v) is 6.37. The maximum atomic E-state index is 12.7. The molecule has 0 amide bonds. The lowest BCUT2D eigenvalue weighted by molar-refractivity contribution is -0.151. The van der Waals surface area contributed by atoms with E-state index in [2.05, 4.69) is 37.9 Å². The number of hydrogen-bond donors (Lipinski definition) is 0. The van der Waals surface area contributed by atoms with Gasteiger partial charge in [-0.05, 0) is 39.3 Å². The highest BCUT2D eigenvalue weighted by molar-refractivity contribution is 5.83. The summed E-state index contributed by atoms with van der Waals surface area (Å²) >= 11 is 0. The molecule has 1 aliphatic rings. The second kappa shape index (κ2) is 7.08. The molecule has 1 fully saturated rings. The van der Waals surface area contributed by atoms with Gasteiger partial charge in [0.05, 0.1) is 5.41 Å². The first-order chi connectivity index (χ1) is 10.1. The Labute approximate surface area is 128 Å². The molecule has 1 aromatic rings. The number of benzene rings is 1. The third kappa shape index (κ3) is 3.65. The summed E-state index contributed by atoms with van der Waals surface area (Å²) in [6.07, 6.45) is 4.04. The zero-order chi connectivity index (χ0) is 15.3. The fourth-order valence-electron chi connectivity index (χ4n) is 3.03. The predicted octanol–water partition coefficient (Wildman–Crippen LogP) is 3.38. The monoisotopic (exact) mass is 289 g/mol. The average molecular weight is 289 g/mol. The molecule has 2 rings (SSSR count). The Hall–Kier alpha value is -1.35. The summed E-state index contributed by atoms with van der Waals surface area (Å²) in [6, 6.07) is 10.6. The fourth-order valence-corrected chi connectivity index (χ4v) is 3.03. The van der Waals surface area contributed by atoms with E-state index in [1.807, 2.05) is 18.2 Å². The van der Waals surface area contributed by atoms with Gasteiger partial charge in [-0.1, -0.05) is 43.2 Å². The number of esters is 1. The summed E-state index contributed by atoms with van der Waals surface area (Å²) < 4.78 is 5.62. The van der Waals surface area contributed by atoms with Crippen LogP contribution in [0, 0.1) is 0 Å². The van der Waals surface area contributed by atoms with E-state index >= 15 is 0 Å². The van der Waals surface area contributed by atoms with Gasteiger partial charge >= 0.3 is 5.97 Å². The van der Waals surface area contributed by atoms with Gasteiger partial charge in [0, 0.05) is 12.6 Å². The Balaban J connectivity index is 2.01. The first-order valence-electron chi connectivity index (χ1n) is 7.99. The van der Waals surface area contributed by atoms with Gasteiger partial charge in [0.2, 0.25) is 0 Å². The lowest BCUT2D eigenvalue weighted by Gasteiger charge is -2.28. The summed E-state index contributed by atoms with van der Waals surface area (Å²) in [7, 11) is 2.06. The Morgan fingerprint density at radius 2 is 1.86 bits per heavy atom. The van der Waals surface area contributed by atoms with Crippen LogP contribution in [0.15, 0.2) is 30.3 Å². The molecule has 0 radical (unpaired) electrons. The van der Waals surface area contributed by atoms with Gasteiger partial charge in [0.25, 0.3) is 0 Å². The van der Waals surface area contributed by atoms with E-state index in [1.54, 1.807) is 0 Å². The molecule has 0 unspecified atom stereocenters. The molecule has 0 bridgehead atoms. The van der Waals surface area contributed by atoms with Crippen LogP contribution in [-0.2, 0) is 14.9 Å². The van der Waals surface area contributed by atoms with Gasteiger partial charge in [0.1, 0.15) is 6.61 Å². The number of carbonyl (C=O) groups is 1. The van der Waals surface area contributed by atoms with Crippen molar-refractivity contribution in [2.45, 2.75) is 51.0 Å². The van der Waals surface area contributed by atoms with Crippen molar-refractivity contribution in [3.63, 3.8) is 0 Å². The van der Waals surface area contributed by atoms with Crippen molar-refractivity contribution >= 4 is 5.97 Å². The first-order valence-corrected chi connectivity index (χ1v) is 7.99. The van der Waals surface area contributed by atoms with E-state index in [1.165, 1.54) is 0 Å². The number of hydrogen-bond acceptors (Lipinski definition) is 3. The van der Waals surface area contributed by atoms with Crippen molar-refractivity contribution < 1.29 is 9.53 Å². The highest BCUT2D eigenvalue weighted by Crippen LogP contribution is 2.42. The largest absolute Gasteiger partial charge is 0.464 e. The van der Waals surface area contributed by atoms with Crippen LogP contribution in [0.1, 0.15) is 45.1 Å². The highest BCUT2D eigenvalue weighted by Gasteiger charge is 2.43. The standard InChI is InChI=1S/C18H27NO2/c1-15(2)19(3)13-14-21-17(20)18(11-7-8-12-18)16-9-5-4-6-10-16/h4-6,9-10,15H,7-8,11-14H2,1-3H3. The van der Waals surface area contributed by atoms with Gasteiger partial charge in [-0.3, -0.25) is 4.79 Å². The van der Waals surface area contributed by atoms with Crippen LogP contribution in [-0.4, -0.2) is 37.1 Å². The summed E-state index contributed by atoms with van der Waals surface area (Å²) in [5.74, 6) is -0.0386. The molecule has 0 spiro atoms. The van der Waals surface area contributed by atoms with Crippen molar-refractivity contribution in [3.05, 3.63) is 35.9 Å². The highest BCUT2D eigenvalue weighted by atomic mass is 16.5. The fraction of sp³-hybridized carbons (Fsp3) is 0.611. The van der Waals surface area contributed by atoms with Crippen LogP contribution in [0.2, 0.25) is 0 Å². The van der Waals surface area contributed by atoms with E-state index in [0.717, 1.165) is 37.8 Å². The van der Waals surface area contributed by atoms with Gasteiger partial charge < -0.3 is 9.64 Å². The quantitative estimate of drug-likeness (QED) is 0.752. The van der Waals surface area contributed by atoms with Crippen molar-refractivity contribution in [2.75, 3.05) is 20.2 Å². The maximum Gasteiger partial charge on any atom is 0.316 e. The zero-order valence-corrected chi connectivity index (χ0v) is 13.5. The third-order valence-electron chi connectivity index (χ3n) is 4.73. The van der Waals surface area contributed by atoms with Crippen LogP contribution < -0.4 is 0 Å². The molecule has 1 aromatic carbocycles. The van der Waals surface area contributed by atoms with E-state index in [4.69, 9.17) is 4.74 Å². The minimum absolute atomic E-state index is 0.0386. The number of ether oxygens (including phenoxy) is 1. The molecule has 1 aliphatic carbocycles. The Morgan fingerprint density at radius 1 is 1.24 bits per heavy atom. The lowest BCUT2D eigenvalue weighted by atomic mass is 9.79. The van der Waals surface area contributed by atoms with E-state index < -0.39 is 5.41 Å². The zero-order valence-electron chi connectivity index (χ0n) is 13.5. The van der Waals surface area contributed by atoms with Crippen molar-refractivity contribution in [1.82, 2.24) is 4.90 Å². The molecular formula is C18H27NO2.